The molecule has 0 aromatic rings. The second-order valence-electron chi connectivity index (χ2n) is 2.11. The van der Waals surface area contributed by atoms with Crippen LogP contribution < -0.4 is 0 Å². The van der Waals surface area contributed by atoms with Crippen LogP contribution in [0.1, 0.15) is 13.3 Å². The first-order chi connectivity index (χ1) is 5.70. The van der Waals surface area contributed by atoms with Crippen molar-refractivity contribution >= 4 is 5.97 Å². The minimum absolute atomic E-state index is 0.240. The van der Waals surface area contributed by atoms with E-state index in [1.165, 1.54) is 0 Å². The normalized spacial score (nSPS) is 8.75. The molecular formula is C9H14O3. The second-order valence-corrected chi connectivity index (χ2v) is 2.11. The van der Waals surface area contributed by atoms with Crippen molar-refractivity contribution in [2.24, 2.45) is 0 Å². The first-order valence-corrected chi connectivity index (χ1v) is 3.80. The number of rotatable bonds is 6. The van der Waals surface area contributed by atoms with E-state index in [0.717, 1.165) is 12.5 Å². The molecule has 0 fully saturated rings. The SMILES string of the molecule is C=CC(=O)OCCOC(=C)CC. The van der Waals surface area contributed by atoms with Crippen LogP contribution in [0.25, 0.3) is 0 Å². The fraction of sp³-hybridized carbons (Fsp3) is 0.444. The Kier molecular flexibility index (Phi) is 5.79. The third kappa shape index (κ3) is 5.53. The fourth-order valence-corrected chi connectivity index (χ4v) is 0.489. The summed E-state index contributed by atoms with van der Waals surface area (Å²) >= 11 is 0. The highest BCUT2D eigenvalue weighted by molar-refractivity contribution is 5.81. The second kappa shape index (κ2) is 6.46. The lowest BCUT2D eigenvalue weighted by Gasteiger charge is -2.06. The van der Waals surface area contributed by atoms with Crippen molar-refractivity contribution in [2.45, 2.75) is 13.3 Å². The van der Waals surface area contributed by atoms with Crippen molar-refractivity contribution in [1.29, 1.82) is 0 Å². The Hall–Kier alpha value is -1.25. The number of esters is 1. The van der Waals surface area contributed by atoms with Gasteiger partial charge in [0, 0.05) is 12.5 Å². The van der Waals surface area contributed by atoms with E-state index in [1.54, 1.807) is 0 Å². The van der Waals surface area contributed by atoms with Gasteiger partial charge in [0.25, 0.3) is 0 Å². The molecule has 0 rings (SSSR count). The minimum Gasteiger partial charge on any atom is -0.495 e. The Labute approximate surface area is 72.7 Å². The third-order valence-corrected chi connectivity index (χ3v) is 1.19. The fourth-order valence-electron chi connectivity index (χ4n) is 0.489. The summed E-state index contributed by atoms with van der Waals surface area (Å²) in [5.41, 5.74) is 0. The van der Waals surface area contributed by atoms with Crippen LogP contribution in [-0.2, 0) is 14.3 Å². The Morgan fingerprint density at radius 1 is 1.42 bits per heavy atom. The topological polar surface area (TPSA) is 35.5 Å². The Morgan fingerprint density at radius 3 is 2.50 bits per heavy atom. The van der Waals surface area contributed by atoms with Crippen LogP contribution >= 0.6 is 0 Å². The summed E-state index contributed by atoms with van der Waals surface area (Å²) < 4.78 is 9.74. The van der Waals surface area contributed by atoms with Crippen molar-refractivity contribution < 1.29 is 14.3 Å². The standard InChI is InChI=1S/C9H14O3/c1-4-8(3)11-6-7-12-9(10)5-2/h5H,2-4,6-7H2,1H3. The maximum atomic E-state index is 10.5. The lowest BCUT2D eigenvalue weighted by molar-refractivity contribution is -0.138. The van der Waals surface area contributed by atoms with Crippen LogP contribution in [-0.4, -0.2) is 19.2 Å². The monoisotopic (exact) mass is 170 g/mol. The average molecular weight is 170 g/mol. The van der Waals surface area contributed by atoms with Crippen LogP contribution in [0.15, 0.2) is 25.0 Å². The van der Waals surface area contributed by atoms with Crippen LogP contribution in [0.3, 0.4) is 0 Å². The van der Waals surface area contributed by atoms with Crippen LogP contribution in [0.5, 0.6) is 0 Å². The van der Waals surface area contributed by atoms with Gasteiger partial charge in [0.2, 0.25) is 0 Å². The zero-order valence-corrected chi connectivity index (χ0v) is 7.34. The lowest BCUT2D eigenvalue weighted by atomic mass is 10.4. The average Bonchev–Trinajstić information content (AvgIpc) is 2.11. The molecule has 0 aliphatic carbocycles. The van der Waals surface area contributed by atoms with Crippen molar-refractivity contribution in [2.75, 3.05) is 13.2 Å². The van der Waals surface area contributed by atoms with E-state index >= 15 is 0 Å². The smallest absolute Gasteiger partial charge is 0.330 e. The van der Waals surface area contributed by atoms with Crippen LogP contribution in [0, 0.1) is 0 Å². The zero-order valence-electron chi connectivity index (χ0n) is 7.34. The molecule has 3 heteroatoms. The molecule has 0 aliphatic heterocycles. The summed E-state index contributed by atoms with van der Waals surface area (Å²) in [6.45, 7) is 9.42. The molecule has 0 unspecified atom stereocenters. The van der Waals surface area contributed by atoms with Gasteiger partial charge in [0.15, 0.2) is 0 Å². The van der Waals surface area contributed by atoms with Gasteiger partial charge in [-0.3, -0.25) is 0 Å². The summed E-state index contributed by atoms with van der Waals surface area (Å²) in [6, 6.07) is 0. The van der Waals surface area contributed by atoms with Crippen molar-refractivity contribution in [3.8, 4) is 0 Å². The molecule has 0 saturated carbocycles. The molecular weight excluding hydrogens is 156 g/mol. The quantitative estimate of drug-likeness (QED) is 0.263. The first kappa shape index (κ1) is 10.8. The van der Waals surface area contributed by atoms with Gasteiger partial charge >= 0.3 is 5.97 Å². The minimum atomic E-state index is -0.430. The summed E-state index contributed by atoms with van der Waals surface area (Å²) in [5.74, 6) is 0.269. The number of hydrogen-bond acceptors (Lipinski definition) is 3. The van der Waals surface area contributed by atoms with E-state index in [9.17, 15) is 4.79 Å². The maximum Gasteiger partial charge on any atom is 0.330 e. The van der Waals surface area contributed by atoms with Gasteiger partial charge in [0.1, 0.15) is 13.2 Å². The molecule has 0 saturated heterocycles. The molecule has 0 N–H and O–H groups in total. The van der Waals surface area contributed by atoms with E-state index in [-0.39, 0.29) is 6.61 Å². The molecule has 0 atom stereocenters. The summed E-state index contributed by atoms with van der Waals surface area (Å²) in [5, 5.41) is 0. The van der Waals surface area contributed by atoms with Gasteiger partial charge in [-0.05, 0) is 0 Å². The van der Waals surface area contributed by atoms with Gasteiger partial charge in [-0.1, -0.05) is 20.1 Å². The molecule has 0 aromatic carbocycles. The van der Waals surface area contributed by atoms with Gasteiger partial charge < -0.3 is 9.47 Å². The molecule has 0 amide bonds. The summed E-state index contributed by atoms with van der Waals surface area (Å²) in [7, 11) is 0. The molecule has 0 aromatic heterocycles. The molecule has 0 aliphatic rings. The van der Waals surface area contributed by atoms with E-state index in [1.807, 2.05) is 6.92 Å². The number of carbonyl (C=O) groups excluding carboxylic acids is 1. The van der Waals surface area contributed by atoms with Crippen LogP contribution in [0.2, 0.25) is 0 Å². The van der Waals surface area contributed by atoms with Crippen LogP contribution in [0.4, 0.5) is 0 Å². The molecule has 12 heavy (non-hydrogen) atoms. The van der Waals surface area contributed by atoms with Crippen molar-refractivity contribution in [1.82, 2.24) is 0 Å². The van der Waals surface area contributed by atoms with E-state index in [0.29, 0.717) is 12.4 Å². The van der Waals surface area contributed by atoms with E-state index in [2.05, 4.69) is 17.9 Å². The van der Waals surface area contributed by atoms with E-state index in [4.69, 9.17) is 4.74 Å². The van der Waals surface area contributed by atoms with Crippen molar-refractivity contribution in [3.05, 3.63) is 25.0 Å². The Morgan fingerprint density at radius 2 is 2.00 bits per heavy atom. The van der Waals surface area contributed by atoms with E-state index < -0.39 is 5.97 Å². The molecule has 0 heterocycles. The highest BCUT2D eigenvalue weighted by atomic mass is 16.6. The first-order valence-electron chi connectivity index (χ1n) is 3.80. The maximum absolute atomic E-state index is 10.5. The number of allylic oxidation sites excluding steroid dienone is 1. The number of ether oxygens (including phenoxy) is 2. The van der Waals surface area contributed by atoms with Gasteiger partial charge in [0.05, 0.1) is 5.76 Å². The third-order valence-electron chi connectivity index (χ3n) is 1.19. The predicted molar refractivity (Wildman–Crippen MR) is 46.5 cm³/mol. The molecule has 0 bridgehead atoms. The predicted octanol–water partition coefficient (Wildman–Crippen LogP) is 1.66. The van der Waals surface area contributed by atoms with Crippen molar-refractivity contribution in [3.63, 3.8) is 0 Å². The molecule has 68 valence electrons. The summed E-state index contributed by atoms with van der Waals surface area (Å²) in [4.78, 5) is 10.5. The van der Waals surface area contributed by atoms with Gasteiger partial charge in [-0.15, -0.1) is 0 Å². The lowest BCUT2D eigenvalue weighted by Crippen LogP contribution is -2.07. The Balaban J connectivity index is 3.27. The highest BCUT2D eigenvalue weighted by Gasteiger charge is 1.95. The van der Waals surface area contributed by atoms with Gasteiger partial charge in [-0.25, -0.2) is 4.79 Å². The molecule has 0 spiro atoms. The largest absolute Gasteiger partial charge is 0.495 e. The number of carbonyl (C=O) groups is 1. The molecule has 3 nitrogen and oxygen atoms in total. The van der Waals surface area contributed by atoms with Gasteiger partial charge in [-0.2, -0.15) is 0 Å². The zero-order chi connectivity index (χ0) is 9.40. The highest BCUT2D eigenvalue weighted by Crippen LogP contribution is 1.97. The Bertz CT molecular complexity index is 173. The molecule has 0 radical (unpaired) electrons. The summed E-state index contributed by atoms with van der Waals surface area (Å²) in [6.07, 6.45) is 1.89. The number of hydrogen-bond donors (Lipinski definition) is 0.